The highest BCUT2D eigenvalue weighted by atomic mass is 19.4. The number of benzene rings is 1. The van der Waals surface area contributed by atoms with Crippen LogP contribution in [0.3, 0.4) is 0 Å². The summed E-state index contributed by atoms with van der Waals surface area (Å²) in [4.78, 5) is 1.90. The SMILES string of the molecule is N#CCC1CN(c2ccc(C(F)(F)F)cc2)c2ccnn2C1. The molecule has 0 saturated heterocycles. The van der Waals surface area contributed by atoms with E-state index >= 15 is 0 Å². The summed E-state index contributed by atoms with van der Waals surface area (Å²) in [6.07, 6.45) is -2.30. The van der Waals surface area contributed by atoms with Crippen molar-refractivity contribution in [3.63, 3.8) is 0 Å². The Morgan fingerprint density at radius 3 is 2.55 bits per heavy atom. The molecule has 2 heterocycles. The van der Waals surface area contributed by atoms with Gasteiger partial charge in [-0.15, -0.1) is 0 Å². The minimum Gasteiger partial charge on any atom is -0.326 e. The summed E-state index contributed by atoms with van der Waals surface area (Å²) in [6, 6.07) is 9.02. The third kappa shape index (κ3) is 2.64. The van der Waals surface area contributed by atoms with Crippen molar-refractivity contribution in [3.05, 3.63) is 42.1 Å². The second-order valence-electron chi connectivity index (χ2n) is 5.26. The Morgan fingerprint density at radius 2 is 1.91 bits per heavy atom. The van der Waals surface area contributed by atoms with Crippen molar-refractivity contribution >= 4 is 11.5 Å². The summed E-state index contributed by atoms with van der Waals surface area (Å²) in [6.45, 7) is 1.23. The Kier molecular flexibility index (Phi) is 3.53. The van der Waals surface area contributed by atoms with Crippen LogP contribution < -0.4 is 4.90 Å². The van der Waals surface area contributed by atoms with E-state index in [0.29, 0.717) is 25.2 Å². The zero-order chi connectivity index (χ0) is 15.7. The molecular formula is C15H13F3N4. The van der Waals surface area contributed by atoms with E-state index < -0.39 is 11.7 Å². The van der Waals surface area contributed by atoms with Crippen LogP contribution in [0.2, 0.25) is 0 Å². The normalized spacial score (nSPS) is 17.9. The molecule has 4 nitrogen and oxygen atoms in total. The van der Waals surface area contributed by atoms with Crippen LogP contribution >= 0.6 is 0 Å². The lowest BCUT2D eigenvalue weighted by molar-refractivity contribution is -0.137. The second kappa shape index (κ2) is 5.37. The lowest BCUT2D eigenvalue weighted by Crippen LogP contribution is -2.35. The van der Waals surface area contributed by atoms with E-state index in [2.05, 4.69) is 11.2 Å². The number of anilines is 2. The van der Waals surface area contributed by atoms with Gasteiger partial charge in [-0.3, -0.25) is 0 Å². The summed E-state index contributed by atoms with van der Waals surface area (Å²) in [5, 5.41) is 13.1. The molecule has 1 aromatic heterocycles. The fourth-order valence-electron chi connectivity index (χ4n) is 2.68. The lowest BCUT2D eigenvalue weighted by Gasteiger charge is -2.34. The number of hydrogen-bond acceptors (Lipinski definition) is 3. The maximum atomic E-state index is 12.6. The molecule has 114 valence electrons. The summed E-state index contributed by atoms with van der Waals surface area (Å²) < 4.78 is 39.7. The highest BCUT2D eigenvalue weighted by Crippen LogP contribution is 2.34. The molecule has 3 rings (SSSR count). The number of hydrogen-bond donors (Lipinski definition) is 0. The zero-order valence-corrected chi connectivity index (χ0v) is 11.6. The van der Waals surface area contributed by atoms with Gasteiger partial charge in [0, 0.05) is 37.2 Å². The van der Waals surface area contributed by atoms with E-state index in [0.717, 1.165) is 18.0 Å². The number of alkyl halides is 3. The van der Waals surface area contributed by atoms with Gasteiger partial charge in [-0.2, -0.15) is 23.5 Å². The van der Waals surface area contributed by atoms with Crippen LogP contribution in [0.5, 0.6) is 0 Å². The van der Waals surface area contributed by atoms with Crippen molar-refractivity contribution in [3.8, 4) is 6.07 Å². The van der Waals surface area contributed by atoms with Gasteiger partial charge in [0.1, 0.15) is 5.82 Å². The maximum absolute atomic E-state index is 12.6. The van der Waals surface area contributed by atoms with Gasteiger partial charge < -0.3 is 4.90 Å². The fraction of sp³-hybridized carbons (Fsp3) is 0.333. The molecule has 0 saturated carbocycles. The summed E-state index contributed by atoms with van der Waals surface area (Å²) >= 11 is 0. The van der Waals surface area contributed by atoms with Crippen LogP contribution in [0.4, 0.5) is 24.7 Å². The average Bonchev–Trinajstić information content (AvgIpc) is 2.94. The number of fused-ring (bicyclic) bond motifs is 1. The molecule has 0 amide bonds. The Balaban J connectivity index is 1.92. The zero-order valence-electron chi connectivity index (χ0n) is 11.6. The molecular weight excluding hydrogens is 293 g/mol. The van der Waals surface area contributed by atoms with Gasteiger partial charge >= 0.3 is 6.18 Å². The predicted octanol–water partition coefficient (Wildman–Crippen LogP) is 3.58. The maximum Gasteiger partial charge on any atom is 0.416 e. The number of halogens is 3. The molecule has 1 aliphatic heterocycles. The van der Waals surface area contributed by atoms with Crippen molar-refractivity contribution < 1.29 is 13.2 Å². The first-order valence-corrected chi connectivity index (χ1v) is 6.82. The first-order chi connectivity index (χ1) is 10.5. The van der Waals surface area contributed by atoms with Crippen LogP contribution in [-0.4, -0.2) is 16.3 Å². The summed E-state index contributed by atoms with van der Waals surface area (Å²) in [7, 11) is 0. The molecule has 22 heavy (non-hydrogen) atoms. The van der Waals surface area contributed by atoms with E-state index in [4.69, 9.17) is 5.26 Å². The monoisotopic (exact) mass is 306 g/mol. The van der Waals surface area contributed by atoms with E-state index in [-0.39, 0.29) is 5.92 Å². The standard InChI is InChI=1S/C15H13F3N4/c16-15(17,18)12-1-3-13(4-2-12)21-9-11(5-7-19)10-22-14(21)6-8-20-22/h1-4,6,8,11H,5,9-10H2. The molecule has 0 radical (unpaired) electrons. The molecule has 0 aliphatic carbocycles. The van der Waals surface area contributed by atoms with Gasteiger partial charge in [0.25, 0.3) is 0 Å². The first-order valence-electron chi connectivity index (χ1n) is 6.82. The molecule has 1 atom stereocenters. The Labute approximate surface area is 125 Å². The van der Waals surface area contributed by atoms with E-state index in [1.807, 2.05) is 11.0 Å². The highest BCUT2D eigenvalue weighted by molar-refractivity contribution is 5.61. The number of nitrogens with zero attached hydrogens (tertiary/aromatic N) is 4. The lowest BCUT2D eigenvalue weighted by atomic mass is 10.0. The van der Waals surface area contributed by atoms with Gasteiger partial charge in [-0.1, -0.05) is 0 Å². The molecule has 0 bridgehead atoms. The Bertz CT molecular complexity index is 697. The van der Waals surface area contributed by atoms with Gasteiger partial charge in [0.05, 0.1) is 17.8 Å². The summed E-state index contributed by atoms with van der Waals surface area (Å²) in [5.74, 6) is 0.925. The van der Waals surface area contributed by atoms with Gasteiger partial charge in [0.15, 0.2) is 0 Å². The van der Waals surface area contributed by atoms with E-state index in [1.165, 1.54) is 12.1 Å². The van der Waals surface area contributed by atoms with Crippen LogP contribution in [0, 0.1) is 17.2 Å². The number of nitriles is 1. The number of aromatic nitrogens is 2. The van der Waals surface area contributed by atoms with Crippen molar-refractivity contribution in [1.29, 1.82) is 5.26 Å². The summed E-state index contributed by atoms with van der Waals surface area (Å²) in [5.41, 5.74) is -0.00673. The van der Waals surface area contributed by atoms with Crippen LogP contribution in [0.1, 0.15) is 12.0 Å². The van der Waals surface area contributed by atoms with Crippen molar-refractivity contribution in [1.82, 2.24) is 9.78 Å². The van der Waals surface area contributed by atoms with Crippen molar-refractivity contribution in [2.45, 2.75) is 19.1 Å². The molecule has 2 aromatic rings. The molecule has 1 aliphatic rings. The van der Waals surface area contributed by atoms with Crippen LogP contribution in [0.25, 0.3) is 0 Å². The smallest absolute Gasteiger partial charge is 0.326 e. The molecule has 0 spiro atoms. The van der Waals surface area contributed by atoms with Crippen LogP contribution in [-0.2, 0) is 12.7 Å². The minimum atomic E-state index is -4.34. The van der Waals surface area contributed by atoms with Gasteiger partial charge in [0.2, 0.25) is 0 Å². The predicted molar refractivity (Wildman–Crippen MR) is 74.4 cm³/mol. The molecule has 7 heteroatoms. The Morgan fingerprint density at radius 1 is 1.18 bits per heavy atom. The largest absolute Gasteiger partial charge is 0.416 e. The van der Waals surface area contributed by atoms with Gasteiger partial charge in [-0.05, 0) is 24.3 Å². The average molecular weight is 306 g/mol. The fourth-order valence-corrected chi connectivity index (χ4v) is 2.68. The minimum absolute atomic E-state index is 0.0969. The number of rotatable bonds is 2. The van der Waals surface area contributed by atoms with Crippen LogP contribution in [0.15, 0.2) is 36.5 Å². The van der Waals surface area contributed by atoms with Gasteiger partial charge in [-0.25, -0.2) is 4.68 Å². The van der Waals surface area contributed by atoms with E-state index in [1.54, 1.807) is 10.9 Å². The van der Waals surface area contributed by atoms with E-state index in [9.17, 15) is 13.2 Å². The highest BCUT2D eigenvalue weighted by Gasteiger charge is 2.31. The van der Waals surface area contributed by atoms with Crippen molar-refractivity contribution in [2.24, 2.45) is 5.92 Å². The third-order valence-electron chi connectivity index (χ3n) is 3.73. The first kappa shape index (κ1) is 14.4. The van der Waals surface area contributed by atoms with Crippen molar-refractivity contribution in [2.75, 3.05) is 11.4 Å². The second-order valence-corrected chi connectivity index (χ2v) is 5.26. The quantitative estimate of drug-likeness (QED) is 0.852. The Hall–Kier alpha value is -2.49. The molecule has 0 fully saturated rings. The molecule has 1 unspecified atom stereocenters. The molecule has 1 aromatic carbocycles. The topological polar surface area (TPSA) is 44.9 Å². The molecule has 0 N–H and O–H groups in total. The third-order valence-corrected chi connectivity index (χ3v) is 3.73.